The number of rotatable bonds is 7. The lowest BCUT2D eigenvalue weighted by atomic mass is 10.3. The maximum Gasteiger partial charge on any atom is 0.256 e. The lowest BCUT2D eigenvalue weighted by Crippen LogP contribution is -2.27. The van der Waals surface area contributed by atoms with Gasteiger partial charge in [0.1, 0.15) is 0 Å². The van der Waals surface area contributed by atoms with Crippen LogP contribution in [0, 0.1) is 13.8 Å². The molecule has 26 heavy (non-hydrogen) atoms. The van der Waals surface area contributed by atoms with E-state index in [2.05, 4.69) is 20.5 Å². The van der Waals surface area contributed by atoms with Gasteiger partial charge in [-0.25, -0.2) is 4.98 Å². The number of carbonyl (C=O) groups excluding carboxylic acids is 1. The average molecular weight is 408 g/mol. The molecule has 0 aliphatic carbocycles. The summed E-state index contributed by atoms with van der Waals surface area (Å²) in [4.78, 5) is 17.5. The van der Waals surface area contributed by atoms with Crippen LogP contribution in [0.25, 0.3) is 5.78 Å². The summed E-state index contributed by atoms with van der Waals surface area (Å²) in [6, 6.07) is 9.63. The molecule has 0 bridgehead atoms. The molecule has 0 saturated heterocycles. The molecule has 0 spiro atoms. The number of amides is 1. The van der Waals surface area contributed by atoms with E-state index in [1.54, 1.807) is 11.8 Å². The molecular formula is C17H18ClN5OS2. The van der Waals surface area contributed by atoms with Crippen LogP contribution in [-0.4, -0.2) is 43.5 Å². The normalized spacial score (nSPS) is 11.0. The molecule has 3 aromatic rings. The van der Waals surface area contributed by atoms with Crippen LogP contribution in [0.1, 0.15) is 11.4 Å². The third kappa shape index (κ3) is 4.90. The van der Waals surface area contributed by atoms with E-state index in [9.17, 15) is 4.79 Å². The van der Waals surface area contributed by atoms with Crippen LogP contribution in [0.2, 0.25) is 5.02 Å². The van der Waals surface area contributed by atoms with Gasteiger partial charge in [0.25, 0.3) is 5.78 Å². The molecule has 0 aliphatic heterocycles. The van der Waals surface area contributed by atoms with Crippen molar-refractivity contribution in [2.45, 2.75) is 23.9 Å². The van der Waals surface area contributed by atoms with Gasteiger partial charge in [-0.05, 0) is 44.2 Å². The van der Waals surface area contributed by atoms with E-state index < -0.39 is 0 Å². The molecule has 0 atom stereocenters. The molecule has 0 fully saturated rings. The van der Waals surface area contributed by atoms with Gasteiger partial charge in [-0.15, -0.1) is 22.0 Å². The summed E-state index contributed by atoms with van der Waals surface area (Å²) in [6.07, 6.45) is 0. The number of aromatic nitrogens is 4. The van der Waals surface area contributed by atoms with Crippen molar-refractivity contribution in [3.05, 3.63) is 46.7 Å². The summed E-state index contributed by atoms with van der Waals surface area (Å²) < 4.78 is 1.86. The number of nitrogens with one attached hydrogen (secondary N) is 1. The third-order valence-corrected chi connectivity index (χ3v) is 5.70. The minimum Gasteiger partial charge on any atom is -0.355 e. The van der Waals surface area contributed by atoms with Gasteiger partial charge < -0.3 is 5.32 Å². The topological polar surface area (TPSA) is 72.2 Å². The van der Waals surface area contributed by atoms with Crippen LogP contribution >= 0.6 is 35.1 Å². The van der Waals surface area contributed by atoms with E-state index in [1.165, 1.54) is 11.8 Å². The van der Waals surface area contributed by atoms with Crippen molar-refractivity contribution < 1.29 is 4.79 Å². The fourth-order valence-corrected chi connectivity index (χ4v) is 4.07. The zero-order valence-corrected chi connectivity index (χ0v) is 16.8. The highest BCUT2D eigenvalue weighted by Gasteiger charge is 2.12. The SMILES string of the molecule is Cc1cc(C)n2c(SCC(=O)NCCSc3ccc(Cl)cc3)nnc2n1. The van der Waals surface area contributed by atoms with Crippen LogP contribution in [0.5, 0.6) is 0 Å². The van der Waals surface area contributed by atoms with E-state index in [4.69, 9.17) is 11.6 Å². The van der Waals surface area contributed by atoms with Gasteiger partial charge >= 0.3 is 0 Å². The van der Waals surface area contributed by atoms with Crippen LogP contribution in [-0.2, 0) is 4.79 Å². The number of hydrogen-bond acceptors (Lipinski definition) is 6. The summed E-state index contributed by atoms with van der Waals surface area (Å²) in [6.45, 7) is 4.50. The Labute approximate surface area is 165 Å². The smallest absolute Gasteiger partial charge is 0.256 e. The Morgan fingerprint density at radius 1 is 1.19 bits per heavy atom. The maximum atomic E-state index is 12.0. The van der Waals surface area contributed by atoms with Gasteiger partial charge in [0, 0.05) is 33.6 Å². The highest BCUT2D eigenvalue weighted by atomic mass is 35.5. The number of hydrogen-bond donors (Lipinski definition) is 1. The predicted octanol–water partition coefficient (Wildman–Crippen LogP) is 3.40. The average Bonchev–Trinajstić information content (AvgIpc) is 3.01. The summed E-state index contributed by atoms with van der Waals surface area (Å²) in [5, 5.41) is 12.5. The summed E-state index contributed by atoms with van der Waals surface area (Å²) in [5.41, 5.74) is 1.90. The molecular weight excluding hydrogens is 390 g/mol. The van der Waals surface area contributed by atoms with E-state index in [0.29, 0.717) is 23.2 Å². The molecule has 2 aromatic heterocycles. The molecule has 1 aromatic carbocycles. The van der Waals surface area contributed by atoms with Gasteiger partial charge in [-0.3, -0.25) is 9.20 Å². The molecule has 0 unspecified atom stereocenters. The Hall–Kier alpha value is -1.77. The minimum atomic E-state index is -0.0267. The zero-order chi connectivity index (χ0) is 18.5. The van der Waals surface area contributed by atoms with Gasteiger partial charge in [0.15, 0.2) is 5.16 Å². The zero-order valence-electron chi connectivity index (χ0n) is 14.4. The fourth-order valence-electron chi connectivity index (χ4n) is 2.37. The second-order valence-electron chi connectivity index (χ2n) is 5.60. The van der Waals surface area contributed by atoms with Crippen LogP contribution in [0.4, 0.5) is 0 Å². The van der Waals surface area contributed by atoms with E-state index in [1.807, 2.05) is 48.6 Å². The number of thioether (sulfide) groups is 2. The van der Waals surface area contributed by atoms with Gasteiger partial charge in [-0.1, -0.05) is 23.4 Å². The fraction of sp³-hybridized carbons (Fsp3) is 0.294. The van der Waals surface area contributed by atoms with Gasteiger partial charge in [0.05, 0.1) is 5.75 Å². The van der Waals surface area contributed by atoms with Crippen LogP contribution < -0.4 is 5.32 Å². The molecule has 2 heterocycles. The van der Waals surface area contributed by atoms with Gasteiger partial charge in [0.2, 0.25) is 5.91 Å². The number of halogens is 1. The molecule has 0 saturated carbocycles. The number of carbonyl (C=O) groups is 1. The first kappa shape index (κ1) is 19.0. The number of benzene rings is 1. The Kier molecular flexibility index (Phi) is 6.39. The number of nitrogens with zero attached hydrogens (tertiary/aromatic N) is 4. The molecule has 0 aliphatic rings. The second-order valence-corrected chi connectivity index (χ2v) is 8.15. The largest absolute Gasteiger partial charge is 0.355 e. The van der Waals surface area contributed by atoms with Crippen molar-refractivity contribution in [1.29, 1.82) is 0 Å². The molecule has 9 heteroatoms. The standard InChI is InChI=1S/C17H18ClN5OS2/c1-11-9-12(2)23-16(20-11)21-22-17(23)26-10-15(24)19-7-8-25-14-5-3-13(18)4-6-14/h3-6,9H,7-8,10H2,1-2H3,(H,19,24). The lowest BCUT2D eigenvalue weighted by molar-refractivity contribution is -0.118. The van der Waals surface area contributed by atoms with E-state index in [-0.39, 0.29) is 5.91 Å². The lowest BCUT2D eigenvalue weighted by Gasteiger charge is -2.06. The first-order valence-electron chi connectivity index (χ1n) is 8.00. The highest BCUT2D eigenvalue weighted by Crippen LogP contribution is 2.20. The van der Waals surface area contributed by atoms with E-state index in [0.717, 1.165) is 27.1 Å². The maximum absolute atomic E-state index is 12.0. The van der Waals surface area contributed by atoms with Crippen LogP contribution in [0.3, 0.4) is 0 Å². The van der Waals surface area contributed by atoms with Crippen molar-refractivity contribution in [2.75, 3.05) is 18.1 Å². The van der Waals surface area contributed by atoms with Crippen LogP contribution in [0.15, 0.2) is 40.4 Å². The van der Waals surface area contributed by atoms with Gasteiger partial charge in [-0.2, -0.15) is 0 Å². The van der Waals surface area contributed by atoms with Crippen molar-refractivity contribution >= 4 is 46.8 Å². The van der Waals surface area contributed by atoms with Crippen molar-refractivity contribution in [2.24, 2.45) is 0 Å². The summed E-state index contributed by atoms with van der Waals surface area (Å²) in [7, 11) is 0. The van der Waals surface area contributed by atoms with Crippen molar-refractivity contribution in [1.82, 2.24) is 24.9 Å². The van der Waals surface area contributed by atoms with Crippen molar-refractivity contribution in [3.63, 3.8) is 0 Å². The Morgan fingerprint density at radius 3 is 2.73 bits per heavy atom. The van der Waals surface area contributed by atoms with Crippen molar-refractivity contribution in [3.8, 4) is 0 Å². The first-order valence-corrected chi connectivity index (χ1v) is 10.3. The second kappa shape index (κ2) is 8.75. The quantitative estimate of drug-likeness (QED) is 0.478. The molecule has 3 rings (SSSR count). The Bertz CT molecular complexity index is 913. The molecule has 6 nitrogen and oxygen atoms in total. The monoisotopic (exact) mass is 407 g/mol. The summed E-state index contributed by atoms with van der Waals surface area (Å²) in [5.74, 6) is 1.62. The Morgan fingerprint density at radius 2 is 1.96 bits per heavy atom. The molecule has 1 N–H and O–H groups in total. The number of fused-ring (bicyclic) bond motifs is 1. The minimum absolute atomic E-state index is 0.0267. The predicted molar refractivity (Wildman–Crippen MR) is 106 cm³/mol. The highest BCUT2D eigenvalue weighted by molar-refractivity contribution is 7.99. The summed E-state index contributed by atoms with van der Waals surface area (Å²) >= 11 is 8.90. The molecule has 1 amide bonds. The third-order valence-electron chi connectivity index (χ3n) is 3.50. The molecule has 0 radical (unpaired) electrons. The number of aryl methyl sites for hydroxylation is 2. The first-order chi connectivity index (χ1) is 12.5. The molecule has 136 valence electrons. The van der Waals surface area contributed by atoms with E-state index >= 15 is 0 Å². The Balaban J connectivity index is 1.45.